The molecule has 0 saturated heterocycles. The molecule has 1 aromatic carbocycles. The van der Waals surface area contributed by atoms with Crippen molar-refractivity contribution in [3.8, 4) is 0 Å². The molecule has 2 rings (SSSR count). The van der Waals surface area contributed by atoms with Crippen molar-refractivity contribution in [2.75, 3.05) is 5.73 Å². The molecule has 0 fully saturated rings. The van der Waals surface area contributed by atoms with Crippen molar-refractivity contribution in [2.24, 2.45) is 0 Å². The van der Waals surface area contributed by atoms with Crippen LogP contribution in [-0.4, -0.2) is 0 Å². The summed E-state index contributed by atoms with van der Waals surface area (Å²) in [5, 5.41) is 0.752. The van der Waals surface area contributed by atoms with Gasteiger partial charge in [0, 0.05) is 5.39 Å². The first-order chi connectivity index (χ1) is 5.70. The van der Waals surface area contributed by atoms with Gasteiger partial charge in [0.1, 0.15) is 5.82 Å². The van der Waals surface area contributed by atoms with Gasteiger partial charge in [-0.05, 0) is 12.1 Å². The third-order valence-corrected chi connectivity index (χ3v) is 1.96. The van der Waals surface area contributed by atoms with Gasteiger partial charge in [0.25, 0.3) is 0 Å². The lowest BCUT2D eigenvalue weighted by Crippen LogP contribution is -1.90. The summed E-state index contributed by atoms with van der Waals surface area (Å²) in [6, 6.07) is 2.72. The molecule has 0 amide bonds. The summed E-state index contributed by atoms with van der Waals surface area (Å²) in [7, 11) is 0. The van der Waals surface area contributed by atoms with Crippen molar-refractivity contribution < 1.29 is 8.81 Å². The van der Waals surface area contributed by atoms with Gasteiger partial charge in [-0.2, -0.15) is 0 Å². The molecule has 0 aliphatic rings. The lowest BCUT2D eigenvalue weighted by Gasteiger charge is -1.98. The fraction of sp³-hybridized carbons (Fsp3) is 0. The Morgan fingerprint density at radius 3 is 3.00 bits per heavy atom. The Kier molecular flexibility index (Phi) is 1.48. The van der Waals surface area contributed by atoms with Crippen molar-refractivity contribution in [1.29, 1.82) is 0 Å². The molecule has 0 aliphatic heterocycles. The maximum atomic E-state index is 12.9. The topological polar surface area (TPSA) is 39.2 Å². The fourth-order valence-electron chi connectivity index (χ4n) is 1.09. The monoisotopic (exact) mass is 185 g/mol. The van der Waals surface area contributed by atoms with E-state index in [9.17, 15) is 4.39 Å². The van der Waals surface area contributed by atoms with Crippen molar-refractivity contribution in [3.05, 3.63) is 29.2 Å². The number of benzene rings is 1. The Bertz CT molecular complexity index is 438. The first-order valence-corrected chi connectivity index (χ1v) is 3.68. The number of halogens is 2. The molecule has 0 unspecified atom stereocenters. The SMILES string of the molecule is Nc1c(F)cc(Cl)c2occc12. The first-order valence-electron chi connectivity index (χ1n) is 3.31. The van der Waals surface area contributed by atoms with Gasteiger partial charge in [-0.15, -0.1) is 0 Å². The highest BCUT2D eigenvalue weighted by Gasteiger charge is 2.10. The normalized spacial score (nSPS) is 10.8. The average Bonchev–Trinajstić information content (AvgIpc) is 2.48. The summed E-state index contributed by atoms with van der Waals surface area (Å²) >= 11 is 5.69. The summed E-state index contributed by atoms with van der Waals surface area (Å²) in [6.07, 6.45) is 1.42. The molecule has 1 heterocycles. The summed E-state index contributed by atoms with van der Waals surface area (Å²) in [4.78, 5) is 0. The zero-order valence-corrected chi connectivity index (χ0v) is 6.73. The van der Waals surface area contributed by atoms with Crippen LogP contribution >= 0.6 is 11.6 Å². The van der Waals surface area contributed by atoms with E-state index >= 15 is 0 Å². The van der Waals surface area contributed by atoms with E-state index in [2.05, 4.69) is 0 Å². The molecule has 2 N–H and O–H groups in total. The van der Waals surface area contributed by atoms with Gasteiger partial charge < -0.3 is 10.2 Å². The minimum absolute atomic E-state index is 0.0724. The Labute approximate surface area is 72.7 Å². The number of anilines is 1. The minimum atomic E-state index is -0.520. The number of fused-ring (bicyclic) bond motifs is 1. The van der Waals surface area contributed by atoms with Crippen molar-refractivity contribution in [1.82, 2.24) is 0 Å². The molecule has 2 aromatic rings. The van der Waals surface area contributed by atoms with E-state index in [-0.39, 0.29) is 10.7 Å². The van der Waals surface area contributed by atoms with Crippen LogP contribution in [0.15, 0.2) is 22.8 Å². The fourth-order valence-corrected chi connectivity index (χ4v) is 1.33. The maximum Gasteiger partial charge on any atom is 0.154 e. The van der Waals surface area contributed by atoms with Crippen LogP contribution in [0.5, 0.6) is 0 Å². The molecule has 4 heteroatoms. The second-order valence-electron chi connectivity index (χ2n) is 2.42. The molecule has 12 heavy (non-hydrogen) atoms. The maximum absolute atomic E-state index is 12.9. The minimum Gasteiger partial charge on any atom is -0.463 e. The van der Waals surface area contributed by atoms with E-state index in [4.69, 9.17) is 21.8 Å². The molecule has 2 nitrogen and oxygen atoms in total. The van der Waals surface area contributed by atoms with Crippen LogP contribution in [0.2, 0.25) is 5.02 Å². The van der Waals surface area contributed by atoms with Crippen LogP contribution in [0.3, 0.4) is 0 Å². The van der Waals surface area contributed by atoms with Crippen LogP contribution in [0.1, 0.15) is 0 Å². The van der Waals surface area contributed by atoms with Gasteiger partial charge in [0.15, 0.2) is 5.58 Å². The third kappa shape index (κ3) is 0.865. The van der Waals surface area contributed by atoms with E-state index in [0.717, 1.165) is 6.07 Å². The standard InChI is InChI=1S/C8H5ClFNO/c9-5-3-6(10)7(11)4-1-2-12-8(4)5/h1-3H,11H2. The van der Waals surface area contributed by atoms with Crippen LogP contribution in [0.4, 0.5) is 10.1 Å². The Balaban J connectivity index is 2.97. The molecule has 1 aromatic heterocycles. The molecule has 0 radical (unpaired) electrons. The third-order valence-electron chi connectivity index (χ3n) is 1.68. The predicted octanol–water partition coefficient (Wildman–Crippen LogP) is 2.81. The number of hydrogen-bond donors (Lipinski definition) is 1. The summed E-state index contributed by atoms with van der Waals surface area (Å²) in [6.45, 7) is 0. The lowest BCUT2D eigenvalue weighted by atomic mass is 10.2. The highest BCUT2D eigenvalue weighted by molar-refractivity contribution is 6.35. The quantitative estimate of drug-likeness (QED) is 0.641. The molecular weight excluding hydrogens is 181 g/mol. The smallest absolute Gasteiger partial charge is 0.154 e. The van der Waals surface area contributed by atoms with Crippen molar-refractivity contribution >= 4 is 28.3 Å². The van der Waals surface area contributed by atoms with E-state index < -0.39 is 5.82 Å². The number of hydrogen-bond acceptors (Lipinski definition) is 2. The average molecular weight is 186 g/mol. The molecule has 62 valence electrons. The zero-order chi connectivity index (χ0) is 8.72. The van der Waals surface area contributed by atoms with Crippen LogP contribution < -0.4 is 5.73 Å². The Hall–Kier alpha value is -1.22. The van der Waals surface area contributed by atoms with Crippen LogP contribution in [-0.2, 0) is 0 Å². The molecule has 0 spiro atoms. The highest BCUT2D eigenvalue weighted by Crippen LogP contribution is 2.31. The van der Waals surface area contributed by atoms with Crippen molar-refractivity contribution in [2.45, 2.75) is 0 Å². The van der Waals surface area contributed by atoms with E-state index in [1.165, 1.54) is 6.26 Å². The molecule has 0 saturated carbocycles. The second kappa shape index (κ2) is 2.38. The van der Waals surface area contributed by atoms with Crippen LogP contribution in [0, 0.1) is 5.82 Å². The van der Waals surface area contributed by atoms with E-state index in [1.54, 1.807) is 6.07 Å². The highest BCUT2D eigenvalue weighted by atomic mass is 35.5. The number of nitrogens with two attached hydrogens (primary N) is 1. The van der Waals surface area contributed by atoms with Gasteiger partial charge in [0.2, 0.25) is 0 Å². The number of rotatable bonds is 0. The van der Waals surface area contributed by atoms with Gasteiger partial charge in [-0.3, -0.25) is 0 Å². The number of furan rings is 1. The van der Waals surface area contributed by atoms with Gasteiger partial charge >= 0.3 is 0 Å². The van der Waals surface area contributed by atoms with Crippen LogP contribution in [0.25, 0.3) is 11.0 Å². The van der Waals surface area contributed by atoms with E-state index in [1.807, 2.05) is 0 Å². The molecule has 0 bridgehead atoms. The predicted molar refractivity (Wildman–Crippen MR) is 45.6 cm³/mol. The van der Waals surface area contributed by atoms with Gasteiger partial charge in [-0.25, -0.2) is 4.39 Å². The van der Waals surface area contributed by atoms with Gasteiger partial charge in [0.05, 0.1) is 17.0 Å². The van der Waals surface area contributed by atoms with Gasteiger partial charge in [-0.1, -0.05) is 11.6 Å². The Morgan fingerprint density at radius 1 is 1.50 bits per heavy atom. The Morgan fingerprint density at radius 2 is 2.25 bits per heavy atom. The molecular formula is C8H5ClFNO. The van der Waals surface area contributed by atoms with Crippen molar-refractivity contribution in [3.63, 3.8) is 0 Å². The lowest BCUT2D eigenvalue weighted by molar-refractivity contribution is 0.611. The largest absolute Gasteiger partial charge is 0.463 e. The molecule has 0 atom stereocenters. The zero-order valence-electron chi connectivity index (χ0n) is 5.97. The summed E-state index contributed by atoms with van der Waals surface area (Å²) in [5.74, 6) is -0.520. The summed E-state index contributed by atoms with van der Waals surface area (Å²) in [5.41, 5.74) is 5.94. The summed E-state index contributed by atoms with van der Waals surface area (Å²) < 4.78 is 17.9. The second-order valence-corrected chi connectivity index (χ2v) is 2.82. The number of nitrogen functional groups attached to an aromatic ring is 1. The molecule has 0 aliphatic carbocycles. The first kappa shape index (κ1) is 7.43. The van der Waals surface area contributed by atoms with E-state index in [0.29, 0.717) is 11.0 Å².